The number of piperidine rings is 1. The molecule has 1 aromatic carbocycles. The molecule has 1 fully saturated rings. The zero-order chi connectivity index (χ0) is 22.0. The molecule has 4 rings (SSSR count). The zero-order valence-electron chi connectivity index (χ0n) is 17.4. The number of aryl methyl sites for hydroxylation is 1. The van der Waals surface area contributed by atoms with Crippen molar-refractivity contribution in [3.05, 3.63) is 44.8 Å². The summed E-state index contributed by atoms with van der Waals surface area (Å²) in [6.45, 7) is 0.970. The summed E-state index contributed by atoms with van der Waals surface area (Å²) in [6, 6.07) is 7.27. The van der Waals surface area contributed by atoms with Crippen molar-refractivity contribution in [1.82, 2.24) is 4.90 Å². The Morgan fingerprint density at radius 1 is 1.26 bits per heavy atom. The van der Waals surface area contributed by atoms with Gasteiger partial charge in [-0.2, -0.15) is 5.26 Å². The number of nitriles is 1. The van der Waals surface area contributed by atoms with Crippen molar-refractivity contribution >= 4 is 39.8 Å². The number of thiophene rings is 1. The van der Waals surface area contributed by atoms with Crippen LogP contribution in [-0.2, 0) is 17.6 Å². The number of nitrogens with one attached hydrogen (secondary N) is 1. The van der Waals surface area contributed by atoms with Gasteiger partial charge in [-0.15, -0.1) is 11.3 Å². The number of benzene rings is 1. The quantitative estimate of drug-likeness (QED) is 0.724. The van der Waals surface area contributed by atoms with Crippen molar-refractivity contribution in [3.63, 3.8) is 0 Å². The van der Waals surface area contributed by atoms with Gasteiger partial charge in [0.1, 0.15) is 16.8 Å². The summed E-state index contributed by atoms with van der Waals surface area (Å²) >= 11 is 7.60. The largest absolute Gasteiger partial charge is 0.496 e. The number of halogens is 1. The third-order valence-corrected chi connectivity index (χ3v) is 7.51. The maximum absolute atomic E-state index is 12.9. The van der Waals surface area contributed by atoms with Crippen molar-refractivity contribution < 1.29 is 14.3 Å². The molecule has 0 spiro atoms. The van der Waals surface area contributed by atoms with Gasteiger partial charge in [-0.25, -0.2) is 0 Å². The fraction of sp³-hybridized carbons (Fsp3) is 0.435. The second-order valence-corrected chi connectivity index (χ2v) is 9.47. The molecule has 8 heteroatoms. The SMILES string of the molecule is COc1ccc(Cl)cc1C(=O)N1CCC(C(=O)Nc2sc3c(c2C#N)CCCC3)CC1. The van der Waals surface area contributed by atoms with Crippen LogP contribution >= 0.6 is 22.9 Å². The second kappa shape index (κ2) is 9.29. The van der Waals surface area contributed by atoms with Crippen LogP contribution in [0.5, 0.6) is 5.75 Å². The highest BCUT2D eigenvalue weighted by molar-refractivity contribution is 7.16. The topological polar surface area (TPSA) is 82.4 Å². The fourth-order valence-corrected chi connectivity index (χ4v) is 5.76. The van der Waals surface area contributed by atoms with Crippen molar-refractivity contribution in [1.29, 1.82) is 5.26 Å². The highest BCUT2D eigenvalue weighted by Crippen LogP contribution is 2.38. The number of methoxy groups -OCH3 is 1. The molecule has 0 radical (unpaired) electrons. The number of likely N-dealkylation sites (tertiary alicyclic amines) is 1. The number of carbonyl (C=O) groups is 2. The standard InChI is InChI=1S/C23H24ClN3O3S/c1-30-19-7-6-15(24)12-17(19)23(29)27-10-8-14(9-11-27)21(28)26-22-18(13-25)16-4-2-3-5-20(16)31-22/h6-7,12,14H,2-5,8-11H2,1H3,(H,26,28). The van der Waals surface area contributed by atoms with Gasteiger partial charge in [0.25, 0.3) is 5.91 Å². The number of hydrogen-bond acceptors (Lipinski definition) is 5. The molecule has 31 heavy (non-hydrogen) atoms. The van der Waals surface area contributed by atoms with E-state index in [4.69, 9.17) is 16.3 Å². The number of anilines is 1. The van der Waals surface area contributed by atoms with E-state index >= 15 is 0 Å². The first-order valence-corrected chi connectivity index (χ1v) is 11.7. The molecule has 162 valence electrons. The Kier molecular flexibility index (Phi) is 6.49. The summed E-state index contributed by atoms with van der Waals surface area (Å²) in [5, 5.41) is 13.8. The van der Waals surface area contributed by atoms with Crippen LogP contribution in [0.15, 0.2) is 18.2 Å². The van der Waals surface area contributed by atoms with E-state index in [0.717, 1.165) is 31.2 Å². The Hall–Kier alpha value is -2.56. The van der Waals surface area contributed by atoms with Crippen molar-refractivity contribution in [2.45, 2.75) is 38.5 Å². The van der Waals surface area contributed by atoms with Gasteiger partial charge < -0.3 is 15.0 Å². The van der Waals surface area contributed by atoms with E-state index in [1.54, 1.807) is 34.4 Å². The second-order valence-electron chi connectivity index (χ2n) is 7.93. The Morgan fingerprint density at radius 3 is 2.71 bits per heavy atom. The Balaban J connectivity index is 1.40. The number of fused-ring (bicyclic) bond motifs is 1. The first-order valence-electron chi connectivity index (χ1n) is 10.5. The van der Waals surface area contributed by atoms with Crippen LogP contribution < -0.4 is 10.1 Å². The minimum absolute atomic E-state index is 0.0671. The van der Waals surface area contributed by atoms with Gasteiger partial charge in [0.2, 0.25) is 5.91 Å². The highest BCUT2D eigenvalue weighted by atomic mass is 35.5. The van der Waals surface area contributed by atoms with E-state index in [1.807, 2.05) is 0 Å². The summed E-state index contributed by atoms with van der Waals surface area (Å²) < 4.78 is 5.30. The molecular formula is C23H24ClN3O3S. The lowest BCUT2D eigenvalue weighted by atomic mass is 9.94. The smallest absolute Gasteiger partial charge is 0.257 e. The number of rotatable bonds is 4. The predicted octanol–water partition coefficient (Wildman–Crippen LogP) is 4.65. The van der Waals surface area contributed by atoms with Gasteiger partial charge >= 0.3 is 0 Å². The lowest BCUT2D eigenvalue weighted by molar-refractivity contribution is -0.121. The van der Waals surface area contributed by atoms with Gasteiger partial charge in [-0.05, 0) is 62.3 Å². The molecule has 1 N–H and O–H groups in total. The average Bonchev–Trinajstić information content (AvgIpc) is 3.15. The zero-order valence-corrected chi connectivity index (χ0v) is 18.9. The van der Waals surface area contributed by atoms with Gasteiger partial charge in [0, 0.05) is 28.9 Å². The van der Waals surface area contributed by atoms with E-state index in [9.17, 15) is 14.9 Å². The molecule has 2 aliphatic rings. The van der Waals surface area contributed by atoms with Crippen molar-refractivity contribution in [2.24, 2.45) is 5.92 Å². The molecule has 2 aromatic rings. The molecule has 1 aromatic heterocycles. The lowest BCUT2D eigenvalue weighted by Gasteiger charge is -2.31. The van der Waals surface area contributed by atoms with Crippen LogP contribution in [0.2, 0.25) is 5.02 Å². The minimum Gasteiger partial charge on any atom is -0.496 e. The first kappa shape index (κ1) is 21.7. The summed E-state index contributed by atoms with van der Waals surface area (Å²) in [6.07, 6.45) is 5.28. The van der Waals surface area contributed by atoms with E-state index < -0.39 is 0 Å². The van der Waals surface area contributed by atoms with Gasteiger partial charge in [0.05, 0.1) is 18.2 Å². The maximum atomic E-state index is 12.9. The third kappa shape index (κ3) is 4.41. The molecule has 0 unspecified atom stereocenters. The molecule has 0 bridgehead atoms. The predicted molar refractivity (Wildman–Crippen MR) is 121 cm³/mol. The van der Waals surface area contributed by atoms with Crippen LogP contribution in [0.3, 0.4) is 0 Å². The van der Waals surface area contributed by atoms with Crippen LogP contribution in [0.1, 0.15) is 52.0 Å². The van der Waals surface area contributed by atoms with Crippen molar-refractivity contribution in [2.75, 3.05) is 25.5 Å². The molecule has 6 nitrogen and oxygen atoms in total. The Labute approximate surface area is 190 Å². The van der Waals surface area contributed by atoms with Crippen molar-refractivity contribution in [3.8, 4) is 11.8 Å². The normalized spacial score (nSPS) is 16.4. The van der Waals surface area contributed by atoms with E-state index in [-0.39, 0.29) is 17.7 Å². The lowest BCUT2D eigenvalue weighted by Crippen LogP contribution is -2.41. The summed E-state index contributed by atoms with van der Waals surface area (Å²) in [4.78, 5) is 28.8. The maximum Gasteiger partial charge on any atom is 0.257 e. The fourth-order valence-electron chi connectivity index (χ4n) is 4.35. The molecule has 0 saturated carbocycles. The molecule has 0 atom stereocenters. The van der Waals surface area contributed by atoms with Crippen LogP contribution in [0, 0.1) is 17.2 Å². The Morgan fingerprint density at radius 2 is 2.00 bits per heavy atom. The monoisotopic (exact) mass is 457 g/mol. The first-order chi connectivity index (χ1) is 15.0. The van der Waals surface area contributed by atoms with E-state index in [1.165, 1.54) is 12.0 Å². The molecular weight excluding hydrogens is 434 g/mol. The number of ether oxygens (including phenoxy) is 1. The summed E-state index contributed by atoms with van der Waals surface area (Å²) in [7, 11) is 1.52. The molecule has 2 amide bonds. The van der Waals surface area contributed by atoms with E-state index in [2.05, 4.69) is 11.4 Å². The third-order valence-electron chi connectivity index (χ3n) is 6.06. The van der Waals surface area contributed by atoms with Gasteiger partial charge in [0.15, 0.2) is 0 Å². The molecule has 1 aliphatic heterocycles. The van der Waals surface area contributed by atoms with Crippen LogP contribution in [-0.4, -0.2) is 36.9 Å². The van der Waals surface area contributed by atoms with Gasteiger partial charge in [-0.1, -0.05) is 11.6 Å². The number of amides is 2. The van der Waals surface area contributed by atoms with Crippen LogP contribution in [0.4, 0.5) is 5.00 Å². The van der Waals surface area contributed by atoms with Gasteiger partial charge in [-0.3, -0.25) is 9.59 Å². The molecule has 1 saturated heterocycles. The number of carbonyl (C=O) groups excluding carboxylic acids is 2. The number of hydrogen-bond donors (Lipinski definition) is 1. The summed E-state index contributed by atoms with van der Waals surface area (Å²) in [5.41, 5.74) is 2.18. The van der Waals surface area contributed by atoms with Crippen LogP contribution in [0.25, 0.3) is 0 Å². The molecule has 1 aliphatic carbocycles. The number of nitrogens with zero attached hydrogens (tertiary/aromatic N) is 2. The average molecular weight is 458 g/mol. The minimum atomic E-state index is -0.184. The van der Waals surface area contributed by atoms with E-state index in [0.29, 0.717) is 52.8 Å². The summed E-state index contributed by atoms with van der Waals surface area (Å²) in [5.74, 6) is 0.0920. The Bertz CT molecular complexity index is 1050. The molecule has 2 heterocycles. The highest BCUT2D eigenvalue weighted by Gasteiger charge is 2.30.